The Kier molecular flexibility index (Phi) is 5.14. The van der Waals surface area contributed by atoms with E-state index >= 15 is 0 Å². The zero-order valence-corrected chi connectivity index (χ0v) is 15.1. The molecule has 0 aromatic heterocycles. The van der Waals surface area contributed by atoms with E-state index in [-0.39, 0.29) is 0 Å². The smallest absolute Gasteiger partial charge is 0.220 e. The zero-order chi connectivity index (χ0) is 16.4. The molecule has 0 bridgehead atoms. The second-order valence-electron chi connectivity index (χ2n) is 8.77. The molecule has 24 heavy (non-hydrogen) atoms. The van der Waals surface area contributed by atoms with Crippen LogP contribution in [0.15, 0.2) is 0 Å². The van der Waals surface area contributed by atoms with E-state index in [0.717, 1.165) is 38.0 Å². The Morgan fingerprint density at radius 3 is 2.54 bits per heavy atom. The van der Waals surface area contributed by atoms with Crippen molar-refractivity contribution >= 4 is 5.91 Å². The topological polar surface area (TPSA) is 41.6 Å². The Morgan fingerprint density at radius 2 is 1.83 bits per heavy atom. The predicted molar refractivity (Wildman–Crippen MR) is 94.8 cm³/mol. The van der Waals surface area contributed by atoms with Crippen molar-refractivity contribution in [3.8, 4) is 0 Å². The maximum Gasteiger partial charge on any atom is 0.220 e. The van der Waals surface area contributed by atoms with Crippen LogP contribution in [0.3, 0.4) is 0 Å². The lowest BCUT2D eigenvalue weighted by molar-refractivity contribution is -0.121. The van der Waals surface area contributed by atoms with Gasteiger partial charge in [-0.25, -0.2) is 0 Å². The van der Waals surface area contributed by atoms with Crippen molar-refractivity contribution in [3.63, 3.8) is 0 Å². The molecule has 136 valence electrons. The SMILES string of the molecule is O=C(CCC1CN(C2CCOCC2)CC12CCCCC2)NC1CC1. The van der Waals surface area contributed by atoms with Crippen LogP contribution in [-0.2, 0) is 9.53 Å². The molecule has 0 radical (unpaired) electrons. The lowest BCUT2D eigenvalue weighted by Crippen LogP contribution is -2.39. The maximum absolute atomic E-state index is 12.2. The fourth-order valence-corrected chi connectivity index (χ4v) is 5.46. The third-order valence-electron chi connectivity index (χ3n) is 7.06. The summed E-state index contributed by atoms with van der Waals surface area (Å²) >= 11 is 0. The van der Waals surface area contributed by atoms with Gasteiger partial charge in [0.1, 0.15) is 0 Å². The molecule has 0 aromatic rings. The fourth-order valence-electron chi connectivity index (χ4n) is 5.46. The molecule has 1 unspecified atom stereocenters. The first kappa shape index (κ1) is 16.8. The number of carbonyl (C=O) groups excluding carboxylic acids is 1. The molecule has 4 heteroatoms. The van der Waals surface area contributed by atoms with Crippen LogP contribution in [0.2, 0.25) is 0 Å². The van der Waals surface area contributed by atoms with Gasteiger partial charge in [0.15, 0.2) is 0 Å². The van der Waals surface area contributed by atoms with E-state index in [1.54, 1.807) is 0 Å². The molecule has 1 atom stereocenters. The van der Waals surface area contributed by atoms with E-state index < -0.39 is 0 Å². The molecule has 1 N–H and O–H groups in total. The molecule has 2 saturated carbocycles. The highest BCUT2D eigenvalue weighted by atomic mass is 16.5. The van der Waals surface area contributed by atoms with Crippen LogP contribution in [0.5, 0.6) is 0 Å². The monoisotopic (exact) mass is 334 g/mol. The number of hydrogen-bond acceptors (Lipinski definition) is 3. The third-order valence-corrected chi connectivity index (χ3v) is 7.06. The van der Waals surface area contributed by atoms with Crippen molar-refractivity contribution in [2.75, 3.05) is 26.3 Å². The van der Waals surface area contributed by atoms with Crippen molar-refractivity contribution in [1.29, 1.82) is 0 Å². The van der Waals surface area contributed by atoms with E-state index in [0.29, 0.717) is 17.4 Å². The van der Waals surface area contributed by atoms with Crippen molar-refractivity contribution in [1.82, 2.24) is 10.2 Å². The summed E-state index contributed by atoms with van der Waals surface area (Å²) in [5.74, 6) is 1.03. The number of hydrogen-bond donors (Lipinski definition) is 1. The van der Waals surface area contributed by atoms with Crippen LogP contribution in [0, 0.1) is 11.3 Å². The molecule has 2 aliphatic heterocycles. The number of amides is 1. The van der Waals surface area contributed by atoms with Crippen LogP contribution >= 0.6 is 0 Å². The van der Waals surface area contributed by atoms with Gasteiger partial charge in [-0.05, 0) is 56.3 Å². The number of carbonyl (C=O) groups is 1. The summed E-state index contributed by atoms with van der Waals surface area (Å²) in [7, 11) is 0. The van der Waals surface area contributed by atoms with Gasteiger partial charge in [0.05, 0.1) is 0 Å². The van der Waals surface area contributed by atoms with Crippen molar-refractivity contribution in [3.05, 3.63) is 0 Å². The molecule has 4 nitrogen and oxygen atoms in total. The van der Waals surface area contributed by atoms with Gasteiger partial charge in [-0.15, -0.1) is 0 Å². The van der Waals surface area contributed by atoms with Gasteiger partial charge < -0.3 is 10.1 Å². The first-order valence-electron chi connectivity index (χ1n) is 10.4. The molecule has 4 aliphatic rings. The van der Waals surface area contributed by atoms with Gasteiger partial charge in [-0.1, -0.05) is 19.3 Å². The van der Waals surface area contributed by atoms with Gasteiger partial charge in [-0.3, -0.25) is 9.69 Å². The highest BCUT2D eigenvalue weighted by Gasteiger charge is 2.48. The van der Waals surface area contributed by atoms with Crippen molar-refractivity contribution in [2.45, 2.75) is 82.7 Å². The first-order chi connectivity index (χ1) is 11.8. The second-order valence-corrected chi connectivity index (χ2v) is 8.77. The normalized spacial score (nSPS) is 31.4. The summed E-state index contributed by atoms with van der Waals surface area (Å²) in [5.41, 5.74) is 0.510. The molecule has 0 aromatic carbocycles. The number of nitrogens with one attached hydrogen (secondary N) is 1. The summed E-state index contributed by atoms with van der Waals surface area (Å²) in [6, 6.07) is 1.23. The van der Waals surface area contributed by atoms with Crippen LogP contribution in [-0.4, -0.2) is 49.2 Å². The molecular formula is C20H34N2O2. The minimum absolute atomic E-state index is 0.299. The molecule has 2 heterocycles. The van der Waals surface area contributed by atoms with E-state index in [4.69, 9.17) is 4.74 Å². The highest BCUT2D eigenvalue weighted by molar-refractivity contribution is 5.76. The van der Waals surface area contributed by atoms with Crippen LogP contribution in [0.1, 0.15) is 70.6 Å². The standard InChI is InChI=1S/C20H34N2O2/c23-19(21-17-5-6-17)7-4-16-14-22(18-8-12-24-13-9-18)15-20(16)10-2-1-3-11-20/h16-18H,1-15H2,(H,21,23). The Balaban J connectivity index is 1.37. The Labute approximate surface area is 146 Å². The fraction of sp³-hybridized carbons (Fsp3) is 0.950. The largest absolute Gasteiger partial charge is 0.381 e. The molecule has 1 spiro atoms. The van der Waals surface area contributed by atoms with E-state index in [1.165, 1.54) is 70.9 Å². The minimum Gasteiger partial charge on any atom is -0.381 e. The summed E-state index contributed by atoms with van der Waals surface area (Å²) in [6.07, 6.45) is 13.6. The second kappa shape index (κ2) is 7.33. The lowest BCUT2D eigenvalue weighted by atomic mass is 9.66. The summed E-state index contributed by atoms with van der Waals surface area (Å²) in [6.45, 7) is 4.37. The summed E-state index contributed by atoms with van der Waals surface area (Å²) in [4.78, 5) is 14.9. The van der Waals surface area contributed by atoms with E-state index in [1.807, 2.05) is 0 Å². The van der Waals surface area contributed by atoms with Crippen molar-refractivity contribution in [2.24, 2.45) is 11.3 Å². The van der Waals surface area contributed by atoms with Crippen LogP contribution < -0.4 is 5.32 Å². The van der Waals surface area contributed by atoms with Gasteiger partial charge in [0.25, 0.3) is 0 Å². The predicted octanol–water partition coefficient (Wildman–Crippen LogP) is 3.11. The number of likely N-dealkylation sites (tertiary alicyclic amines) is 1. The molecule has 4 rings (SSSR count). The van der Waals surface area contributed by atoms with E-state index in [2.05, 4.69) is 10.2 Å². The summed E-state index contributed by atoms with van der Waals surface area (Å²) in [5, 5.41) is 3.17. The molecular weight excluding hydrogens is 300 g/mol. The molecule has 2 aliphatic carbocycles. The average molecular weight is 335 g/mol. The molecule has 2 saturated heterocycles. The molecule has 1 amide bonds. The highest BCUT2D eigenvalue weighted by Crippen LogP contribution is 2.50. The maximum atomic E-state index is 12.2. The quantitative estimate of drug-likeness (QED) is 0.840. The Hall–Kier alpha value is -0.610. The summed E-state index contributed by atoms with van der Waals surface area (Å²) < 4.78 is 5.57. The average Bonchev–Trinajstić information content (AvgIpc) is 3.36. The first-order valence-corrected chi connectivity index (χ1v) is 10.4. The zero-order valence-electron chi connectivity index (χ0n) is 15.1. The van der Waals surface area contributed by atoms with Gasteiger partial charge >= 0.3 is 0 Å². The van der Waals surface area contributed by atoms with Gasteiger partial charge in [-0.2, -0.15) is 0 Å². The Bertz CT molecular complexity index is 437. The minimum atomic E-state index is 0.299. The van der Waals surface area contributed by atoms with E-state index in [9.17, 15) is 4.79 Å². The Morgan fingerprint density at radius 1 is 1.08 bits per heavy atom. The number of nitrogens with zero attached hydrogens (tertiary/aromatic N) is 1. The van der Waals surface area contributed by atoms with Gasteiger partial charge in [0, 0.05) is 44.8 Å². The number of rotatable bonds is 5. The number of ether oxygens (including phenoxy) is 1. The molecule has 4 fully saturated rings. The van der Waals surface area contributed by atoms with Crippen LogP contribution in [0.4, 0.5) is 0 Å². The lowest BCUT2D eigenvalue weighted by Gasteiger charge is -2.39. The van der Waals surface area contributed by atoms with Crippen LogP contribution in [0.25, 0.3) is 0 Å². The van der Waals surface area contributed by atoms with Gasteiger partial charge in [0.2, 0.25) is 5.91 Å². The van der Waals surface area contributed by atoms with Crippen molar-refractivity contribution < 1.29 is 9.53 Å². The third kappa shape index (κ3) is 3.80.